The summed E-state index contributed by atoms with van der Waals surface area (Å²) in [6.45, 7) is 7.63. The second-order valence-electron chi connectivity index (χ2n) is 6.22. The summed E-state index contributed by atoms with van der Waals surface area (Å²) in [7, 11) is 0. The number of rotatable bonds is 3. The van der Waals surface area contributed by atoms with Gasteiger partial charge in [0.1, 0.15) is 0 Å². The maximum absolute atomic E-state index is 6.36. The van der Waals surface area contributed by atoms with Crippen molar-refractivity contribution in [3.63, 3.8) is 0 Å². The molecule has 0 aromatic rings. The van der Waals surface area contributed by atoms with E-state index in [2.05, 4.69) is 18.7 Å². The first-order valence-corrected chi connectivity index (χ1v) is 7.82. The lowest BCUT2D eigenvalue weighted by molar-refractivity contribution is -0.0619. The molecule has 4 unspecified atom stereocenters. The number of hydrogen-bond donors (Lipinski definition) is 1. The van der Waals surface area contributed by atoms with Gasteiger partial charge >= 0.3 is 0 Å². The first-order chi connectivity index (χ1) is 8.70. The van der Waals surface area contributed by atoms with Crippen LogP contribution in [0.3, 0.4) is 0 Å². The molecule has 1 aliphatic heterocycles. The van der Waals surface area contributed by atoms with Gasteiger partial charge in [-0.3, -0.25) is 4.90 Å². The summed E-state index contributed by atoms with van der Waals surface area (Å²) in [5.41, 5.74) is 6.36. The smallest absolute Gasteiger partial charge is 0.0674 e. The van der Waals surface area contributed by atoms with Gasteiger partial charge in [0.05, 0.1) is 12.7 Å². The minimum absolute atomic E-state index is 0.384. The van der Waals surface area contributed by atoms with Crippen LogP contribution in [0.1, 0.15) is 52.4 Å². The average molecular weight is 254 g/mol. The molecule has 1 saturated carbocycles. The molecule has 2 rings (SSSR count). The minimum Gasteiger partial charge on any atom is -0.376 e. The van der Waals surface area contributed by atoms with Crippen LogP contribution in [0.4, 0.5) is 0 Å². The van der Waals surface area contributed by atoms with Crippen LogP contribution in [0.5, 0.6) is 0 Å². The third-order valence-electron chi connectivity index (χ3n) is 4.74. The standard InChI is InChI=1S/C15H30N2O/c1-3-14-11-18-12(2)9-17(14)10-13-7-5-4-6-8-15(13)16/h12-15H,3-11,16H2,1-2H3. The average Bonchev–Trinajstić information content (AvgIpc) is 2.55. The van der Waals surface area contributed by atoms with Crippen molar-refractivity contribution in [1.82, 2.24) is 4.90 Å². The van der Waals surface area contributed by atoms with Crippen LogP contribution in [0, 0.1) is 5.92 Å². The van der Waals surface area contributed by atoms with E-state index in [1.165, 1.54) is 45.1 Å². The zero-order chi connectivity index (χ0) is 13.0. The van der Waals surface area contributed by atoms with Crippen molar-refractivity contribution in [2.24, 2.45) is 11.7 Å². The molecule has 0 bridgehead atoms. The van der Waals surface area contributed by atoms with E-state index in [1.54, 1.807) is 0 Å². The van der Waals surface area contributed by atoms with E-state index < -0.39 is 0 Å². The first-order valence-electron chi connectivity index (χ1n) is 7.82. The molecule has 4 atom stereocenters. The largest absolute Gasteiger partial charge is 0.376 e. The molecule has 1 saturated heterocycles. The summed E-state index contributed by atoms with van der Waals surface area (Å²) in [5.74, 6) is 0.701. The first kappa shape index (κ1) is 14.3. The molecular weight excluding hydrogens is 224 g/mol. The molecule has 0 aromatic carbocycles. The Morgan fingerprint density at radius 2 is 2.00 bits per heavy atom. The van der Waals surface area contributed by atoms with Crippen molar-refractivity contribution in [2.75, 3.05) is 19.7 Å². The molecule has 3 nitrogen and oxygen atoms in total. The summed E-state index contributed by atoms with van der Waals surface area (Å²) in [6.07, 6.45) is 8.19. The molecule has 0 spiro atoms. The molecule has 0 aromatic heterocycles. The summed E-state index contributed by atoms with van der Waals surface area (Å²) in [5, 5.41) is 0. The van der Waals surface area contributed by atoms with Crippen LogP contribution in [-0.2, 0) is 4.74 Å². The maximum atomic E-state index is 6.36. The Kier molecular flexibility index (Phi) is 5.46. The highest BCUT2D eigenvalue weighted by atomic mass is 16.5. The van der Waals surface area contributed by atoms with Gasteiger partial charge in [0, 0.05) is 25.2 Å². The van der Waals surface area contributed by atoms with Crippen molar-refractivity contribution >= 4 is 0 Å². The predicted octanol–water partition coefficient (Wildman–Crippen LogP) is 2.39. The number of ether oxygens (including phenoxy) is 1. The van der Waals surface area contributed by atoms with E-state index >= 15 is 0 Å². The van der Waals surface area contributed by atoms with Gasteiger partial charge in [-0.15, -0.1) is 0 Å². The van der Waals surface area contributed by atoms with Crippen LogP contribution >= 0.6 is 0 Å². The van der Waals surface area contributed by atoms with Crippen molar-refractivity contribution in [3.05, 3.63) is 0 Å². The van der Waals surface area contributed by atoms with E-state index in [9.17, 15) is 0 Å². The topological polar surface area (TPSA) is 38.5 Å². The maximum Gasteiger partial charge on any atom is 0.0674 e. The molecule has 1 aliphatic carbocycles. The molecule has 2 fully saturated rings. The van der Waals surface area contributed by atoms with E-state index in [4.69, 9.17) is 10.5 Å². The molecule has 2 N–H and O–H groups in total. The third-order valence-corrected chi connectivity index (χ3v) is 4.74. The van der Waals surface area contributed by atoms with E-state index in [0.29, 0.717) is 24.1 Å². The van der Waals surface area contributed by atoms with Gasteiger partial charge in [0.25, 0.3) is 0 Å². The van der Waals surface area contributed by atoms with Crippen LogP contribution < -0.4 is 5.73 Å². The van der Waals surface area contributed by atoms with Crippen molar-refractivity contribution in [3.8, 4) is 0 Å². The summed E-state index contributed by atoms with van der Waals surface area (Å²) < 4.78 is 5.78. The van der Waals surface area contributed by atoms with Crippen LogP contribution in [0.15, 0.2) is 0 Å². The molecule has 106 valence electrons. The van der Waals surface area contributed by atoms with Gasteiger partial charge in [0.2, 0.25) is 0 Å². The van der Waals surface area contributed by atoms with E-state index in [0.717, 1.165) is 13.2 Å². The lowest BCUT2D eigenvalue weighted by Crippen LogP contribution is -2.51. The molecule has 0 amide bonds. The highest BCUT2D eigenvalue weighted by Crippen LogP contribution is 2.25. The summed E-state index contributed by atoms with van der Waals surface area (Å²) in [6, 6.07) is 1.03. The molecule has 0 radical (unpaired) electrons. The fourth-order valence-electron chi connectivity index (χ4n) is 3.45. The molecule has 3 heteroatoms. The van der Waals surface area contributed by atoms with Crippen molar-refractivity contribution in [1.29, 1.82) is 0 Å². The predicted molar refractivity (Wildman–Crippen MR) is 75.6 cm³/mol. The quantitative estimate of drug-likeness (QED) is 0.786. The zero-order valence-electron chi connectivity index (χ0n) is 12.1. The second-order valence-corrected chi connectivity index (χ2v) is 6.22. The van der Waals surface area contributed by atoms with Gasteiger partial charge in [-0.2, -0.15) is 0 Å². The zero-order valence-corrected chi connectivity index (χ0v) is 12.1. The highest BCUT2D eigenvalue weighted by Gasteiger charge is 2.29. The lowest BCUT2D eigenvalue weighted by atomic mass is 9.93. The highest BCUT2D eigenvalue weighted by molar-refractivity contribution is 4.84. The van der Waals surface area contributed by atoms with Gasteiger partial charge in [-0.05, 0) is 32.1 Å². The monoisotopic (exact) mass is 254 g/mol. The molecule has 1 heterocycles. The summed E-state index contributed by atoms with van der Waals surface area (Å²) >= 11 is 0. The van der Waals surface area contributed by atoms with Gasteiger partial charge in [-0.1, -0.05) is 26.2 Å². The second kappa shape index (κ2) is 6.88. The minimum atomic E-state index is 0.384. The number of morpholine rings is 1. The Hall–Kier alpha value is -0.120. The van der Waals surface area contributed by atoms with Crippen molar-refractivity contribution in [2.45, 2.75) is 70.6 Å². The summed E-state index contributed by atoms with van der Waals surface area (Å²) in [4.78, 5) is 2.64. The SMILES string of the molecule is CCC1COC(C)CN1CC1CCCCCC1N. The molecule has 2 aliphatic rings. The normalized spacial score (nSPS) is 39.5. The Morgan fingerprint density at radius 1 is 1.22 bits per heavy atom. The Labute approximate surface area is 112 Å². The third kappa shape index (κ3) is 3.69. The van der Waals surface area contributed by atoms with Crippen molar-refractivity contribution < 1.29 is 4.74 Å². The Morgan fingerprint density at radius 3 is 2.78 bits per heavy atom. The number of nitrogens with two attached hydrogens (primary N) is 1. The van der Waals surface area contributed by atoms with Crippen LogP contribution in [0.25, 0.3) is 0 Å². The van der Waals surface area contributed by atoms with Gasteiger partial charge in [-0.25, -0.2) is 0 Å². The Balaban J connectivity index is 1.92. The number of nitrogens with zero attached hydrogens (tertiary/aromatic N) is 1. The lowest BCUT2D eigenvalue weighted by Gasteiger charge is -2.41. The van der Waals surface area contributed by atoms with Gasteiger partial charge in [0.15, 0.2) is 0 Å². The fraction of sp³-hybridized carbons (Fsp3) is 1.00. The van der Waals surface area contributed by atoms with Crippen LogP contribution in [0.2, 0.25) is 0 Å². The number of hydrogen-bond acceptors (Lipinski definition) is 3. The Bertz CT molecular complexity index is 247. The fourth-order valence-corrected chi connectivity index (χ4v) is 3.45. The van der Waals surface area contributed by atoms with Gasteiger partial charge < -0.3 is 10.5 Å². The van der Waals surface area contributed by atoms with E-state index in [-0.39, 0.29) is 0 Å². The van der Waals surface area contributed by atoms with E-state index in [1.807, 2.05) is 0 Å². The molecule has 18 heavy (non-hydrogen) atoms. The van der Waals surface area contributed by atoms with Crippen LogP contribution in [-0.4, -0.2) is 42.8 Å². The molecular formula is C15H30N2O.